The van der Waals surface area contributed by atoms with E-state index in [1.54, 1.807) is 33.5 Å². The first-order valence-corrected chi connectivity index (χ1v) is 10.1. The average Bonchev–Trinajstić information content (AvgIpc) is 3.21. The number of hydrogen-bond donors (Lipinski definition) is 1. The van der Waals surface area contributed by atoms with Gasteiger partial charge in [-0.2, -0.15) is 5.10 Å². The molecule has 0 aliphatic carbocycles. The van der Waals surface area contributed by atoms with Gasteiger partial charge >= 0.3 is 6.03 Å². The lowest BCUT2D eigenvalue weighted by Gasteiger charge is -2.34. The molecule has 9 heteroatoms. The lowest BCUT2D eigenvalue weighted by atomic mass is 10.2. The molecule has 164 valence electrons. The lowest BCUT2D eigenvalue weighted by molar-refractivity contribution is 0.142. The number of urea groups is 1. The van der Waals surface area contributed by atoms with E-state index in [2.05, 4.69) is 21.4 Å². The average molecular weight is 425 g/mol. The van der Waals surface area contributed by atoms with Gasteiger partial charge in [-0.25, -0.2) is 9.31 Å². The highest BCUT2D eigenvalue weighted by molar-refractivity contribution is 5.90. The molecule has 0 atom stereocenters. The fourth-order valence-corrected chi connectivity index (χ4v) is 3.76. The number of amides is 2. The fourth-order valence-electron chi connectivity index (χ4n) is 3.76. The van der Waals surface area contributed by atoms with Gasteiger partial charge in [0, 0.05) is 51.1 Å². The summed E-state index contributed by atoms with van der Waals surface area (Å²) in [5, 5.41) is 7.54. The van der Waals surface area contributed by atoms with Crippen LogP contribution in [0.5, 0.6) is 17.2 Å². The number of carbonyl (C=O) groups is 1. The predicted octanol–water partition coefficient (Wildman–Crippen LogP) is 2.71. The summed E-state index contributed by atoms with van der Waals surface area (Å²) in [7, 11) is 4.64. The van der Waals surface area contributed by atoms with E-state index in [0.717, 1.165) is 30.8 Å². The third-order valence-electron chi connectivity index (χ3n) is 5.38. The molecule has 0 bridgehead atoms. The SMILES string of the molecule is COc1cc(NC(=O)N2CCN(Cc3cc4ccccn4n3)CC2)cc(OC)c1OC. The van der Waals surface area contributed by atoms with Crippen molar-refractivity contribution in [1.29, 1.82) is 0 Å². The summed E-state index contributed by atoms with van der Waals surface area (Å²) in [5.41, 5.74) is 2.70. The van der Waals surface area contributed by atoms with Gasteiger partial charge in [-0.1, -0.05) is 6.07 Å². The molecule has 4 rings (SSSR count). The first-order valence-electron chi connectivity index (χ1n) is 10.1. The second kappa shape index (κ2) is 9.13. The standard InChI is InChI=1S/C22H27N5O4/c1-29-19-13-16(14-20(30-2)21(19)31-3)23-22(28)26-10-8-25(9-11-26)15-17-12-18-6-4-5-7-27(18)24-17/h4-7,12-14H,8-11,15H2,1-3H3,(H,23,28). The van der Waals surface area contributed by atoms with Crippen LogP contribution in [-0.4, -0.2) is 73.0 Å². The van der Waals surface area contributed by atoms with Crippen LogP contribution in [0.1, 0.15) is 5.69 Å². The zero-order chi connectivity index (χ0) is 21.8. The second-order valence-corrected chi connectivity index (χ2v) is 7.31. The Bertz CT molecular complexity index is 1000. The number of benzene rings is 1. The molecular formula is C22H27N5O4. The smallest absolute Gasteiger partial charge is 0.321 e. The summed E-state index contributed by atoms with van der Waals surface area (Å²) in [6.45, 7) is 3.63. The Morgan fingerprint density at radius 1 is 1.00 bits per heavy atom. The molecular weight excluding hydrogens is 398 g/mol. The Morgan fingerprint density at radius 3 is 2.32 bits per heavy atom. The number of hydrogen-bond acceptors (Lipinski definition) is 6. The molecule has 9 nitrogen and oxygen atoms in total. The predicted molar refractivity (Wildman–Crippen MR) is 117 cm³/mol. The van der Waals surface area contributed by atoms with Crippen LogP contribution in [0.3, 0.4) is 0 Å². The first-order chi connectivity index (χ1) is 15.1. The Balaban J connectivity index is 1.35. The first kappa shape index (κ1) is 20.8. The zero-order valence-corrected chi connectivity index (χ0v) is 18.0. The molecule has 1 N–H and O–H groups in total. The summed E-state index contributed by atoms with van der Waals surface area (Å²) in [6, 6.07) is 11.4. The highest BCUT2D eigenvalue weighted by Crippen LogP contribution is 2.40. The van der Waals surface area contributed by atoms with E-state index in [9.17, 15) is 4.79 Å². The number of ether oxygens (including phenoxy) is 3. The molecule has 0 radical (unpaired) electrons. The topological polar surface area (TPSA) is 80.6 Å². The third kappa shape index (κ3) is 4.51. The minimum atomic E-state index is -0.151. The van der Waals surface area contributed by atoms with Crippen molar-refractivity contribution in [3.63, 3.8) is 0 Å². The number of pyridine rings is 1. The number of nitrogens with one attached hydrogen (secondary N) is 1. The van der Waals surface area contributed by atoms with Crippen LogP contribution in [0, 0.1) is 0 Å². The number of anilines is 1. The van der Waals surface area contributed by atoms with Crippen molar-refractivity contribution in [3.05, 3.63) is 48.3 Å². The van der Waals surface area contributed by atoms with Gasteiger partial charge in [0.05, 0.1) is 38.2 Å². The van der Waals surface area contributed by atoms with E-state index >= 15 is 0 Å². The van der Waals surface area contributed by atoms with Gasteiger partial charge < -0.3 is 24.4 Å². The third-order valence-corrected chi connectivity index (χ3v) is 5.38. The zero-order valence-electron chi connectivity index (χ0n) is 18.0. The van der Waals surface area contributed by atoms with Crippen LogP contribution >= 0.6 is 0 Å². The van der Waals surface area contributed by atoms with Crippen LogP contribution in [0.25, 0.3) is 5.52 Å². The molecule has 3 heterocycles. The van der Waals surface area contributed by atoms with Gasteiger partial charge in [-0.15, -0.1) is 0 Å². The van der Waals surface area contributed by atoms with Crippen LogP contribution in [-0.2, 0) is 6.54 Å². The summed E-state index contributed by atoms with van der Waals surface area (Å²) in [6.07, 6.45) is 1.95. The highest BCUT2D eigenvalue weighted by Gasteiger charge is 2.23. The number of fused-ring (bicyclic) bond motifs is 1. The molecule has 3 aromatic rings. The number of methoxy groups -OCH3 is 3. The fraction of sp³-hybridized carbons (Fsp3) is 0.364. The molecule has 31 heavy (non-hydrogen) atoms. The molecule has 1 aliphatic rings. The van der Waals surface area contributed by atoms with Gasteiger partial charge in [0.15, 0.2) is 11.5 Å². The van der Waals surface area contributed by atoms with E-state index < -0.39 is 0 Å². The van der Waals surface area contributed by atoms with Crippen molar-refractivity contribution >= 4 is 17.2 Å². The van der Waals surface area contributed by atoms with E-state index in [-0.39, 0.29) is 6.03 Å². The Kier molecular flexibility index (Phi) is 6.13. The quantitative estimate of drug-likeness (QED) is 0.654. The van der Waals surface area contributed by atoms with Crippen LogP contribution < -0.4 is 19.5 Å². The monoisotopic (exact) mass is 425 g/mol. The maximum absolute atomic E-state index is 12.8. The van der Waals surface area contributed by atoms with Gasteiger partial charge in [-0.3, -0.25) is 4.90 Å². The summed E-state index contributed by atoms with van der Waals surface area (Å²) in [4.78, 5) is 16.9. The molecule has 0 saturated carbocycles. The van der Waals surface area contributed by atoms with Crippen molar-refractivity contribution in [2.24, 2.45) is 0 Å². The van der Waals surface area contributed by atoms with Gasteiger partial charge in [-0.05, 0) is 18.2 Å². The number of nitrogens with zero attached hydrogens (tertiary/aromatic N) is 4. The Hall–Kier alpha value is -3.46. The number of carbonyl (C=O) groups excluding carboxylic acids is 1. The maximum atomic E-state index is 12.8. The van der Waals surface area contributed by atoms with E-state index in [1.165, 1.54) is 0 Å². The van der Waals surface area contributed by atoms with Crippen molar-refractivity contribution < 1.29 is 19.0 Å². The summed E-state index contributed by atoms with van der Waals surface area (Å²) < 4.78 is 17.9. The normalized spacial score (nSPS) is 14.5. The van der Waals surface area contributed by atoms with Gasteiger partial charge in [0.2, 0.25) is 5.75 Å². The number of rotatable bonds is 6. The largest absolute Gasteiger partial charge is 0.493 e. The minimum absolute atomic E-state index is 0.151. The van der Waals surface area contributed by atoms with Crippen LogP contribution in [0.2, 0.25) is 0 Å². The van der Waals surface area contributed by atoms with E-state index in [4.69, 9.17) is 14.2 Å². The van der Waals surface area contributed by atoms with Crippen molar-refractivity contribution in [2.45, 2.75) is 6.54 Å². The number of aromatic nitrogens is 2. The minimum Gasteiger partial charge on any atom is -0.493 e. The molecule has 2 amide bonds. The number of piperazine rings is 1. The Labute approximate surface area is 181 Å². The summed E-state index contributed by atoms with van der Waals surface area (Å²) in [5.74, 6) is 1.48. The molecule has 0 unspecified atom stereocenters. The van der Waals surface area contributed by atoms with Crippen molar-refractivity contribution in [1.82, 2.24) is 19.4 Å². The molecule has 1 saturated heterocycles. The lowest BCUT2D eigenvalue weighted by Crippen LogP contribution is -2.49. The molecule has 1 fully saturated rings. The molecule has 1 aromatic carbocycles. The van der Waals surface area contributed by atoms with Crippen LogP contribution in [0.4, 0.5) is 10.5 Å². The highest BCUT2D eigenvalue weighted by atomic mass is 16.5. The van der Waals surface area contributed by atoms with E-state index in [1.807, 2.05) is 33.8 Å². The van der Waals surface area contributed by atoms with Gasteiger partial charge in [0.1, 0.15) is 0 Å². The Morgan fingerprint density at radius 2 is 1.71 bits per heavy atom. The van der Waals surface area contributed by atoms with Gasteiger partial charge in [0.25, 0.3) is 0 Å². The van der Waals surface area contributed by atoms with Crippen molar-refractivity contribution in [3.8, 4) is 17.2 Å². The van der Waals surface area contributed by atoms with E-state index in [0.29, 0.717) is 36.0 Å². The molecule has 0 spiro atoms. The maximum Gasteiger partial charge on any atom is 0.321 e. The summed E-state index contributed by atoms with van der Waals surface area (Å²) >= 11 is 0. The molecule has 1 aliphatic heterocycles. The van der Waals surface area contributed by atoms with Crippen molar-refractivity contribution in [2.75, 3.05) is 52.8 Å². The molecule has 2 aromatic heterocycles. The second-order valence-electron chi connectivity index (χ2n) is 7.31. The van der Waals surface area contributed by atoms with Crippen LogP contribution in [0.15, 0.2) is 42.6 Å².